The zero-order chi connectivity index (χ0) is 56.6. The highest BCUT2D eigenvalue weighted by Crippen LogP contribution is 2.45. The number of hydrogen-bond acceptors (Lipinski definition) is 13. The molecule has 0 saturated carbocycles. The predicted octanol–water partition coefficient (Wildman–Crippen LogP) is 11.9. The number of rotatable bonds is 26. The molecule has 2 N–H and O–H groups in total. The van der Waals surface area contributed by atoms with Crippen molar-refractivity contribution in [2.24, 2.45) is 22.9 Å². The van der Waals surface area contributed by atoms with Crippen LogP contribution in [0.5, 0.6) is 5.75 Å². The number of hydrogen-bond donors (Lipinski definition) is 2. The second kappa shape index (κ2) is 28.7. The van der Waals surface area contributed by atoms with Gasteiger partial charge < -0.3 is 43.8 Å². The number of carbonyl (C=O) groups is 5. The van der Waals surface area contributed by atoms with E-state index >= 15 is 0 Å². The van der Waals surface area contributed by atoms with Crippen molar-refractivity contribution in [3.8, 4) is 16.9 Å². The highest BCUT2D eigenvalue weighted by atomic mass is 35.6. The van der Waals surface area contributed by atoms with Crippen LogP contribution in [0.2, 0.25) is 5.02 Å². The van der Waals surface area contributed by atoms with Gasteiger partial charge >= 0.3 is 24.0 Å². The Morgan fingerprint density at radius 3 is 2.15 bits per heavy atom. The Balaban J connectivity index is 1.20. The maximum Gasteiger partial charge on any atom is 0.407 e. The van der Waals surface area contributed by atoms with E-state index in [-0.39, 0.29) is 68.7 Å². The molecule has 21 heteroatoms. The second-order valence-corrected chi connectivity index (χ2v) is 22.8. The Labute approximate surface area is 474 Å². The minimum atomic E-state index is -1.92. The van der Waals surface area contributed by atoms with Gasteiger partial charge in [-0.25, -0.2) is 14.4 Å². The molecule has 7 atom stereocenters. The molecule has 0 unspecified atom stereocenters. The quantitative estimate of drug-likeness (QED) is 0.00876. The van der Waals surface area contributed by atoms with Gasteiger partial charge in [-0.15, -0.1) is 0 Å². The van der Waals surface area contributed by atoms with Gasteiger partial charge in [0.15, 0.2) is 11.9 Å². The highest BCUT2D eigenvalue weighted by Gasteiger charge is 2.47. The van der Waals surface area contributed by atoms with Crippen LogP contribution in [-0.4, -0.2) is 97.3 Å². The number of carbonyl (C=O) groups excluding carboxylic acids is 5. The molecule has 0 spiro atoms. The van der Waals surface area contributed by atoms with Crippen molar-refractivity contribution in [3.05, 3.63) is 147 Å². The van der Waals surface area contributed by atoms with E-state index in [0.717, 1.165) is 27.8 Å². The molecule has 0 bridgehead atoms. The monoisotopic (exact) mass is 1150 g/mol. The van der Waals surface area contributed by atoms with E-state index in [2.05, 4.69) is 20.7 Å². The number of alkyl halides is 3. The summed E-state index contributed by atoms with van der Waals surface area (Å²) in [5.41, 5.74) is 14.5. The Hall–Kier alpha value is -6.04. The third-order valence-corrected chi connectivity index (χ3v) is 13.8. The first kappa shape index (κ1) is 61.2. The highest BCUT2D eigenvalue weighted by molar-refractivity contribution is 6.67. The fourth-order valence-electron chi connectivity index (χ4n) is 9.40. The largest absolute Gasteiger partial charge is 0.495 e. The van der Waals surface area contributed by atoms with Gasteiger partial charge in [0.05, 0.1) is 24.2 Å². The number of benzene rings is 4. The summed E-state index contributed by atoms with van der Waals surface area (Å²) >= 11 is 24.0. The molecule has 418 valence electrons. The first-order valence-corrected chi connectivity index (χ1v) is 27.1. The summed E-state index contributed by atoms with van der Waals surface area (Å²) in [7, 11) is 1.46. The van der Waals surface area contributed by atoms with E-state index in [1.807, 2.05) is 99.6 Å². The summed E-state index contributed by atoms with van der Waals surface area (Å²) in [6.07, 6.45) is -1.48. The normalized spacial score (nSPS) is 17.6. The fourth-order valence-corrected chi connectivity index (χ4v) is 9.84. The molecule has 1 aliphatic carbocycles. The molecule has 0 aromatic heterocycles. The van der Waals surface area contributed by atoms with Crippen molar-refractivity contribution in [1.29, 1.82) is 0 Å². The Bertz CT molecular complexity index is 2740. The van der Waals surface area contributed by atoms with Gasteiger partial charge in [-0.1, -0.05) is 163 Å². The molecular formula is C57H65Cl4N5O12. The van der Waals surface area contributed by atoms with Crippen LogP contribution in [0, 0.1) is 17.8 Å². The Kier molecular flexibility index (Phi) is 22.5. The molecule has 0 radical (unpaired) electrons. The standard InChI is InChI=1S/C57H65Cl4N5O12/c1-34(2)28-48(76-52(68)38(18-15-27-64-66-62)31-63-55(71)73-32-43-41-21-12-10-19-39(41)40-20-11-13-22-42(40)43)54(70)75-46(35(3)50-51(78-56(4,5)77-50)37-16-8-7-9-17-37)23-14-24-49(67)65-45(53(69)74-33-57(59,60)61)30-36-25-26-47(72-6)44(58)29-36/h7-14,16-17,19-22,24-26,29,34-35,38,43,45-46,48,50-51H,15,18,23,27-28,30-33H2,1-6H3,(H,63,71)(H,65,67)/b24-14+/t35-,38-,45+,46-,48-,50+,51+/m0/s1. The number of halogens is 4. The molecule has 1 heterocycles. The second-order valence-electron chi connectivity index (χ2n) is 19.9. The summed E-state index contributed by atoms with van der Waals surface area (Å²) in [5.74, 6) is -5.88. The predicted molar refractivity (Wildman–Crippen MR) is 296 cm³/mol. The lowest BCUT2D eigenvalue weighted by Crippen LogP contribution is -2.43. The van der Waals surface area contributed by atoms with E-state index in [1.54, 1.807) is 32.0 Å². The van der Waals surface area contributed by atoms with E-state index in [4.69, 9.17) is 85.1 Å². The molecule has 17 nitrogen and oxygen atoms in total. The first-order valence-electron chi connectivity index (χ1n) is 25.6. The van der Waals surface area contributed by atoms with Gasteiger partial charge in [-0.3, -0.25) is 9.59 Å². The van der Waals surface area contributed by atoms with Crippen LogP contribution in [-0.2, 0) is 54.0 Å². The molecule has 78 heavy (non-hydrogen) atoms. The van der Waals surface area contributed by atoms with Crippen molar-refractivity contribution >= 4 is 76.3 Å². The maximum atomic E-state index is 14.6. The fraction of sp³-hybridized carbons (Fsp3) is 0.456. The Morgan fingerprint density at radius 1 is 0.859 bits per heavy atom. The number of ether oxygens (including phenoxy) is 7. The van der Waals surface area contributed by atoms with Crippen molar-refractivity contribution in [1.82, 2.24) is 10.6 Å². The molecule has 1 saturated heterocycles. The summed E-state index contributed by atoms with van der Waals surface area (Å²) in [5, 5.41) is 9.23. The smallest absolute Gasteiger partial charge is 0.407 e. The zero-order valence-electron chi connectivity index (χ0n) is 44.2. The minimum Gasteiger partial charge on any atom is -0.495 e. The topological polar surface area (TPSA) is 223 Å². The molecule has 6 rings (SSSR count). The number of esters is 3. The maximum absolute atomic E-state index is 14.6. The summed E-state index contributed by atoms with van der Waals surface area (Å²) in [6.45, 7) is 8.40. The lowest BCUT2D eigenvalue weighted by Gasteiger charge is -2.31. The van der Waals surface area contributed by atoms with Crippen LogP contribution in [0.25, 0.3) is 21.6 Å². The van der Waals surface area contributed by atoms with E-state index < -0.39 is 88.4 Å². The zero-order valence-corrected chi connectivity index (χ0v) is 47.2. The SMILES string of the molecule is COc1ccc(C[C@@H](NC(=O)/C=C/C[C@H](OC(=O)[C@H](CC(C)C)OC(=O)[C@@H](CCCN=[N+]=[N-])CNC(=O)OCC2c3ccccc3-c3ccccc32)[C@H](C)[C@H]2OC(C)(C)O[C@@H]2c2ccccc2)C(=O)OCC(Cl)(Cl)Cl)cc1Cl. The van der Waals surface area contributed by atoms with Gasteiger partial charge in [-0.2, -0.15) is 0 Å². The summed E-state index contributed by atoms with van der Waals surface area (Å²) in [4.78, 5) is 71.9. The lowest BCUT2D eigenvalue weighted by atomic mass is 9.89. The van der Waals surface area contributed by atoms with Crippen LogP contribution in [0.3, 0.4) is 0 Å². The molecule has 4 aromatic carbocycles. The van der Waals surface area contributed by atoms with Crippen molar-refractivity contribution < 1.29 is 57.1 Å². The summed E-state index contributed by atoms with van der Waals surface area (Å²) in [6, 6.07) is 28.9. The molecule has 2 amide bonds. The van der Waals surface area contributed by atoms with Gasteiger partial charge in [-0.05, 0) is 96.1 Å². The number of methoxy groups -OCH3 is 1. The Morgan fingerprint density at radius 2 is 1.53 bits per heavy atom. The minimum absolute atomic E-state index is 0.0459. The molecule has 1 fully saturated rings. The number of nitrogens with zero attached hydrogens (tertiary/aromatic N) is 3. The number of azide groups is 1. The molecule has 4 aromatic rings. The van der Waals surface area contributed by atoms with Crippen molar-refractivity contribution in [2.45, 2.75) is 113 Å². The van der Waals surface area contributed by atoms with E-state index in [1.165, 1.54) is 19.3 Å². The van der Waals surface area contributed by atoms with Crippen molar-refractivity contribution in [2.75, 3.05) is 33.4 Å². The number of nitrogens with one attached hydrogen (secondary N) is 2. The van der Waals surface area contributed by atoms with Crippen LogP contribution in [0.1, 0.15) is 94.6 Å². The average molecular weight is 1150 g/mol. The number of fused-ring (bicyclic) bond motifs is 3. The van der Waals surface area contributed by atoms with Gasteiger partial charge in [0.2, 0.25) is 9.70 Å². The number of alkyl carbamates (subject to hydrolysis) is 1. The van der Waals surface area contributed by atoms with Gasteiger partial charge in [0.1, 0.15) is 37.2 Å². The van der Waals surface area contributed by atoms with Gasteiger partial charge in [0.25, 0.3) is 0 Å². The molecule has 2 aliphatic rings. The molecule has 1 aliphatic heterocycles. The number of amides is 2. The summed E-state index contributed by atoms with van der Waals surface area (Å²) < 4.78 is 39.6. The van der Waals surface area contributed by atoms with Crippen LogP contribution in [0.4, 0.5) is 4.79 Å². The lowest BCUT2D eigenvalue weighted by molar-refractivity contribution is -0.180. The average Bonchev–Trinajstić information content (AvgIpc) is 4.12. The molecular weight excluding hydrogens is 1090 g/mol. The third kappa shape index (κ3) is 17.7. The third-order valence-electron chi connectivity index (χ3n) is 13.2. The van der Waals surface area contributed by atoms with Crippen molar-refractivity contribution in [3.63, 3.8) is 0 Å². The first-order chi connectivity index (χ1) is 37.2. The van der Waals surface area contributed by atoms with E-state index in [0.29, 0.717) is 11.3 Å². The van der Waals surface area contributed by atoms with Gasteiger partial charge in [0, 0.05) is 42.7 Å². The van der Waals surface area contributed by atoms with Crippen LogP contribution >= 0.6 is 46.4 Å². The van der Waals surface area contributed by atoms with Crippen LogP contribution < -0.4 is 15.4 Å². The van der Waals surface area contributed by atoms with Crippen LogP contribution in [0.15, 0.2) is 114 Å². The van der Waals surface area contributed by atoms with E-state index in [9.17, 15) is 24.0 Å².